The number of rotatable bonds is 4. The third-order valence-corrected chi connectivity index (χ3v) is 2.85. The quantitative estimate of drug-likeness (QED) is 0.525. The van der Waals surface area contributed by atoms with Gasteiger partial charge in [0.2, 0.25) is 0 Å². The summed E-state index contributed by atoms with van der Waals surface area (Å²) in [5, 5.41) is 28.8. The molecule has 0 aliphatic rings. The van der Waals surface area contributed by atoms with Crippen molar-refractivity contribution in [1.29, 1.82) is 0 Å². The number of ether oxygens (including phenoxy) is 1. The minimum Gasteiger partial charge on any atom is -0.494 e. The minimum atomic E-state index is -1.30. The Morgan fingerprint density at radius 1 is 1.12 bits per heavy atom. The summed E-state index contributed by atoms with van der Waals surface area (Å²) >= 11 is 0. The molecule has 0 bridgehead atoms. The number of nitrogens with zero attached hydrogens (tertiary/aromatic N) is 2. The standard InChI is InChI=1S/C15H18N4O6/c1-15(2,3)25-14(24)18-17-9-5-4-8(13(22)23)12(16-9)19-10(20)6-7-11(19)21/h4-7,20-21H,1-3H3,(H,16,17)(H,18,24)(H,22,23). The van der Waals surface area contributed by atoms with Gasteiger partial charge in [-0.15, -0.1) is 0 Å². The van der Waals surface area contributed by atoms with Gasteiger partial charge in [-0.05, 0) is 32.9 Å². The van der Waals surface area contributed by atoms with E-state index in [0.717, 1.165) is 4.57 Å². The van der Waals surface area contributed by atoms with Crippen molar-refractivity contribution in [2.45, 2.75) is 26.4 Å². The Morgan fingerprint density at radius 3 is 2.24 bits per heavy atom. The van der Waals surface area contributed by atoms with Crippen molar-refractivity contribution >= 4 is 17.9 Å². The van der Waals surface area contributed by atoms with Gasteiger partial charge in [0, 0.05) is 12.1 Å². The molecule has 2 aromatic heterocycles. The maximum Gasteiger partial charge on any atom is 0.426 e. The number of carbonyl (C=O) groups is 2. The van der Waals surface area contributed by atoms with Gasteiger partial charge in [-0.3, -0.25) is 5.43 Å². The zero-order valence-electron chi connectivity index (χ0n) is 13.8. The highest BCUT2D eigenvalue weighted by Crippen LogP contribution is 2.28. The second-order valence-electron chi connectivity index (χ2n) is 6.01. The van der Waals surface area contributed by atoms with Crippen molar-refractivity contribution in [3.63, 3.8) is 0 Å². The number of carbonyl (C=O) groups excluding carboxylic acids is 1. The normalized spacial score (nSPS) is 11.0. The summed E-state index contributed by atoms with van der Waals surface area (Å²) in [6.45, 7) is 5.09. The first-order valence-corrected chi connectivity index (χ1v) is 7.18. The largest absolute Gasteiger partial charge is 0.494 e. The molecule has 0 saturated carbocycles. The van der Waals surface area contributed by atoms with Gasteiger partial charge in [-0.2, -0.15) is 0 Å². The number of carboxylic acids is 1. The van der Waals surface area contributed by atoms with Crippen LogP contribution in [0.25, 0.3) is 5.82 Å². The van der Waals surface area contributed by atoms with Crippen LogP contribution in [0.5, 0.6) is 11.8 Å². The van der Waals surface area contributed by atoms with Crippen molar-refractivity contribution in [3.05, 3.63) is 29.8 Å². The minimum absolute atomic E-state index is 0.0679. The first-order chi connectivity index (χ1) is 11.6. The zero-order valence-corrected chi connectivity index (χ0v) is 13.8. The molecular formula is C15H18N4O6. The van der Waals surface area contributed by atoms with E-state index in [4.69, 9.17) is 4.74 Å². The fraction of sp³-hybridized carbons (Fsp3) is 0.267. The average Bonchev–Trinajstić information content (AvgIpc) is 2.82. The summed E-state index contributed by atoms with van der Waals surface area (Å²) in [6, 6.07) is 4.88. The fourth-order valence-corrected chi connectivity index (χ4v) is 1.91. The predicted molar refractivity (Wildman–Crippen MR) is 86.8 cm³/mol. The SMILES string of the molecule is CC(C)(C)OC(=O)NNc1ccc(C(=O)O)c(-n2c(O)ccc2O)n1. The van der Waals surface area contributed by atoms with Crippen LogP contribution in [0.4, 0.5) is 10.6 Å². The topological polar surface area (TPSA) is 146 Å². The molecule has 2 rings (SSSR count). The van der Waals surface area contributed by atoms with E-state index in [2.05, 4.69) is 15.8 Å². The number of carboxylic acid groups (broad SMARTS) is 1. The number of pyridine rings is 1. The van der Waals surface area contributed by atoms with Crippen LogP contribution in [-0.2, 0) is 4.74 Å². The Balaban J connectivity index is 2.29. The molecule has 0 saturated heterocycles. The van der Waals surface area contributed by atoms with E-state index in [1.165, 1.54) is 24.3 Å². The van der Waals surface area contributed by atoms with E-state index in [1.54, 1.807) is 20.8 Å². The lowest BCUT2D eigenvalue weighted by Gasteiger charge is -2.20. The molecule has 0 spiro atoms. The van der Waals surface area contributed by atoms with E-state index in [0.29, 0.717) is 0 Å². The van der Waals surface area contributed by atoms with Crippen LogP contribution < -0.4 is 10.9 Å². The Kier molecular flexibility index (Phi) is 4.72. The number of hydrazine groups is 1. The number of hydrogen-bond donors (Lipinski definition) is 5. The van der Waals surface area contributed by atoms with E-state index in [-0.39, 0.29) is 17.2 Å². The van der Waals surface area contributed by atoms with Crippen LogP contribution in [0.15, 0.2) is 24.3 Å². The number of aromatic nitrogens is 2. The summed E-state index contributed by atoms with van der Waals surface area (Å²) in [5.41, 5.74) is 3.77. The van der Waals surface area contributed by atoms with Crippen LogP contribution in [-0.4, -0.2) is 42.5 Å². The van der Waals surface area contributed by atoms with Crippen LogP contribution in [0.2, 0.25) is 0 Å². The number of hydrogen-bond acceptors (Lipinski definition) is 7. The summed E-state index contributed by atoms with van der Waals surface area (Å²) in [7, 11) is 0. The molecule has 0 atom stereocenters. The fourth-order valence-electron chi connectivity index (χ4n) is 1.91. The Bertz CT molecular complexity index is 789. The molecule has 0 aliphatic carbocycles. The Morgan fingerprint density at radius 2 is 1.72 bits per heavy atom. The van der Waals surface area contributed by atoms with Crippen molar-refractivity contribution in [2.24, 2.45) is 0 Å². The molecule has 0 aromatic carbocycles. The number of aromatic hydroxyl groups is 2. The van der Waals surface area contributed by atoms with E-state index in [1.807, 2.05) is 0 Å². The monoisotopic (exact) mass is 350 g/mol. The Labute approximate surface area is 142 Å². The smallest absolute Gasteiger partial charge is 0.426 e. The van der Waals surface area contributed by atoms with Gasteiger partial charge in [-0.1, -0.05) is 0 Å². The van der Waals surface area contributed by atoms with Crippen molar-refractivity contribution in [3.8, 4) is 17.6 Å². The molecule has 0 unspecified atom stereocenters. The molecule has 5 N–H and O–H groups in total. The molecule has 25 heavy (non-hydrogen) atoms. The van der Waals surface area contributed by atoms with E-state index in [9.17, 15) is 24.9 Å². The lowest BCUT2D eigenvalue weighted by Crippen LogP contribution is -2.36. The van der Waals surface area contributed by atoms with Crippen molar-refractivity contribution in [2.75, 3.05) is 5.43 Å². The zero-order chi connectivity index (χ0) is 18.8. The van der Waals surface area contributed by atoms with Gasteiger partial charge < -0.3 is 20.1 Å². The van der Waals surface area contributed by atoms with Gasteiger partial charge in [0.15, 0.2) is 17.6 Å². The van der Waals surface area contributed by atoms with Crippen LogP contribution in [0, 0.1) is 0 Å². The maximum atomic E-state index is 11.6. The number of aromatic carboxylic acids is 1. The predicted octanol–water partition coefficient (Wildman–Crippen LogP) is 1.83. The molecule has 10 nitrogen and oxygen atoms in total. The van der Waals surface area contributed by atoms with Crippen LogP contribution in [0.1, 0.15) is 31.1 Å². The van der Waals surface area contributed by atoms with Crippen LogP contribution in [0.3, 0.4) is 0 Å². The summed E-state index contributed by atoms with van der Waals surface area (Å²) < 4.78 is 5.89. The van der Waals surface area contributed by atoms with Gasteiger partial charge in [0.05, 0.1) is 0 Å². The van der Waals surface area contributed by atoms with Crippen molar-refractivity contribution in [1.82, 2.24) is 15.0 Å². The molecular weight excluding hydrogens is 332 g/mol. The maximum absolute atomic E-state index is 11.6. The third-order valence-electron chi connectivity index (χ3n) is 2.85. The van der Waals surface area contributed by atoms with Crippen molar-refractivity contribution < 1.29 is 29.6 Å². The summed E-state index contributed by atoms with van der Waals surface area (Å²) in [6.07, 6.45) is -0.759. The van der Waals surface area contributed by atoms with Gasteiger partial charge in [0.1, 0.15) is 17.0 Å². The van der Waals surface area contributed by atoms with Gasteiger partial charge in [-0.25, -0.2) is 24.6 Å². The molecule has 2 aromatic rings. The second-order valence-corrected chi connectivity index (χ2v) is 6.01. The first kappa shape index (κ1) is 17.9. The number of amides is 1. The molecule has 1 amide bonds. The van der Waals surface area contributed by atoms with E-state index >= 15 is 0 Å². The highest BCUT2D eigenvalue weighted by molar-refractivity contribution is 5.91. The lowest BCUT2D eigenvalue weighted by atomic mass is 10.2. The number of anilines is 1. The summed E-state index contributed by atoms with van der Waals surface area (Å²) in [4.78, 5) is 27.0. The average molecular weight is 350 g/mol. The highest BCUT2D eigenvalue weighted by atomic mass is 16.6. The molecule has 0 aliphatic heterocycles. The molecule has 134 valence electrons. The molecule has 10 heteroatoms. The number of nitrogens with one attached hydrogen (secondary N) is 2. The molecule has 2 heterocycles. The third kappa shape index (κ3) is 4.31. The van der Waals surface area contributed by atoms with Gasteiger partial charge >= 0.3 is 12.1 Å². The Hall–Kier alpha value is -3.43. The van der Waals surface area contributed by atoms with Gasteiger partial charge in [0.25, 0.3) is 0 Å². The summed E-state index contributed by atoms with van der Waals surface area (Å²) in [5.74, 6) is -2.27. The van der Waals surface area contributed by atoms with E-state index < -0.39 is 29.4 Å². The lowest BCUT2D eigenvalue weighted by molar-refractivity contribution is 0.0539. The first-order valence-electron chi connectivity index (χ1n) is 7.18. The molecule has 0 fully saturated rings. The highest BCUT2D eigenvalue weighted by Gasteiger charge is 2.20. The second kappa shape index (κ2) is 6.59. The molecule has 0 radical (unpaired) electrons. The van der Waals surface area contributed by atoms with Crippen LogP contribution >= 0.6 is 0 Å².